The standard InChI is InChI=1S/C16H21ClN6O/c1-10(2)3-4-21-15(11-7-14(18)22-8-12(11)17)23-16(24)13-9-19-5-6-20-13/h5-10,15,21H,3-4H2,1-2H3,(H2,18,22)(H,23,24). The van der Waals surface area contributed by atoms with Crippen LogP contribution in [0.5, 0.6) is 0 Å². The maximum absolute atomic E-state index is 12.4. The molecule has 2 heterocycles. The highest BCUT2D eigenvalue weighted by Gasteiger charge is 2.19. The Balaban J connectivity index is 2.19. The van der Waals surface area contributed by atoms with Crippen LogP contribution >= 0.6 is 11.6 Å². The highest BCUT2D eigenvalue weighted by molar-refractivity contribution is 6.31. The average Bonchev–Trinajstić information content (AvgIpc) is 2.56. The van der Waals surface area contributed by atoms with Gasteiger partial charge in [0.05, 0.1) is 11.2 Å². The van der Waals surface area contributed by atoms with Crippen LogP contribution in [0.4, 0.5) is 5.82 Å². The summed E-state index contributed by atoms with van der Waals surface area (Å²) in [5.74, 6) is 0.516. The average molecular weight is 349 g/mol. The molecule has 2 aromatic heterocycles. The Labute approximate surface area is 146 Å². The van der Waals surface area contributed by atoms with Gasteiger partial charge in [0.25, 0.3) is 5.91 Å². The Morgan fingerprint density at radius 3 is 2.75 bits per heavy atom. The first-order chi connectivity index (χ1) is 11.5. The number of anilines is 1. The largest absolute Gasteiger partial charge is 0.384 e. The number of nitrogens with zero attached hydrogens (tertiary/aromatic N) is 3. The first kappa shape index (κ1) is 18.1. The summed E-state index contributed by atoms with van der Waals surface area (Å²) in [6.07, 6.45) is 6.30. The van der Waals surface area contributed by atoms with Crippen molar-refractivity contribution in [2.24, 2.45) is 5.92 Å². The SMILES string of the molecule is CC(C)CCNC(NC(=O)c1cnccn1)c1cc(N)ncc1Cl. The van der Waals surface area contributed by atoms with Gasteiger partial charge in [-0.25, -0.2) is 9.97 Å². The molecule has 2 aromatic rings. The van der Waals surface area contributed by atoms with E-state index in [0.29, 0.717) is 28.9 Å². The van der Waals surface area contributed by atoms with Crippen LogP contribution in [-0.2, 0) is 0 Å². The van der Waals surface area contributed by atoms with Gasteiger partial charge in [0.1, 0.15) is 17.7 Å². The monoisotopic (exact) mass is 348 g/mol. The van der Waals surface area contributed by atoms with Crippen LogP contribution < -0.4 is 16.4 Å². The van der Waals surface area contributed by atoms with Crippen molar-refractivity contribution in [3.05, 3.63) is 47.1 Å². The minimum absolute atomic E-state index is 0.228. The van der Waals surface area contributed by atoms with Gasteiger partial charge < -0.3 is 11.1 Å². The highest BCUT2D eigenvalue weighted by atomic mass is 35.5. The molecule has 2 rings (SSSR count). The Kier molecular flexibility index (Phi) is 6.45. The van der Waals surface area contributed by atoms with E-state index < -0.39 is 6.17 Å². The molecule has 0 fully saturated rings. The molecule has 0 aliphatic heterocycles. The first-order valence-corrected chi connectivity index (χ1v) is 8.06. The molecule has 0 saturated heterocycles. The van der Waals surface area contributed by atoms with Crippen molar-refractivity contribution in [2.45, 2.75) is 26.4 Å². The second-order valence-corrected chi connectivity index (χ2v) is 6.17. The summed E-state index contributed by atoms with van der Waals surface area (Å²) < 4.78 is 0. The number of nitrogen functional groups attached to an aromatic ring is 1. The van der Waals surface area contributed by atoms with E-state index in [9.17, 15) is 4.79 Å². The van der Waals surface area contributed by atoms with E-state index >= 15 is 0 Å². The van der Waals surface area contributed by atoms with E-state index in [4.69, 9.17) is 17.3 Å². The minimum atomic E-state index is -0.504. The predicted molar refractivity (Wildman–Crippen MR) is 93.4 cm³/mol. The van der Waals surface area contributed by atoms with Crippen LogP contribution in [0.2, 0.25) is 5.02 Å². The van der Waals surface area contributed by atoms with E-state index in [1.165, 1.54) is 24.8 Å². The van der Waals surface area contributed by atoms with E-state index in [1.54, 1.807) is 6.07 Å². The van der Waals surface area contributed by atoms with Crippen molar-refractivity contribution in [2.75, 3.05) is 12.3 Å². The molecular formula is C16H21ClN6O. The summed E-state index contributed by atoms with van der Waals surface area (Å²) >= 11 is 6.22. The zero-order chi connectivity index (χ0) is 17.5. The van der Waals surface area contributed by atoms with Crippen LogP contribution in [-0.4, -0.2) is 27.4 Å². The quantitative estimate of drug-likeness (QED) is 0.662. The summed E-state index contributed by atoms with van der Waals surface area (Å²) in [7, 11) is 0. The Morgan fingerprint density at radius 2 is 2.08 bits per heavy atom. The number of nitrogens with one attached hydrogen (secondary N) is 2. The van der Waals surface area contributed by atoms with E-state index in [2.05, 4.69) is 39.4 Å². The molecule has 0 aromatic carbocycles. The number of halogens is 1. The number of hydrogen-bond acceptors (Lipinski definition) is 6. The molecule has 1 amide bonds. The third kappa shape index (κ3) is 5.14. The van der Waals surface area contributed by atoms with Crippen LogP contribution in [0.1, 0.15) is 42.5 Å². The van der Waals surface area contributed by atoms with Crippen molar-refractivity contribution in [1.82, 2.24) is 25.6 Å². The lowest BCUT2D eigenvalue weighted by Gasteiger charge is -2.22. The fourth-order valence-electron chi connectivity index (χ4n) is 2.07. The predicted octanol–water partition coefficient (Wildman–Crippen LogP) is 2.17. The van der Waals surface area contributed by atoms with Gasteiger partial charge in [-0.2, -0.15) is 0 Å². The summed E-state index contributed by atoms with van der Waals surface area (Å²) in [5, 5.41) is 6.58. The highest BCUT2D eigenvalue weighted by Crippen LogP contribution is 2.22. The molecule has 128 valence electrons. The van der Waals surface area contributed by atoms with Gasteiger partial charge in [-0.15, -0.1) is 0 Å². The maximum Gasteiger partial charge on any atom is 0.272 e. The molecule has 0 aliphatic carbocycles. The molecule has 1 atom stereocenters. The van der Waals surface area contributed by atoms with Crippen LogP contribution in [0, 0.1) is 5.92 Å². The normalized spacial score (nSPS) is 12.2. The lowest BCUT2D eigenvalue weighted by atomic mass is 10.1. The fourth-order valence-corrected chi connectivity index (χ4v) is 2.28. The zero-order valence-corrected chi connectivity index (χ0v) is 14.4. The molecular weight excluding hydrogens is 328 g/mol. The Bertz CT molecular complexity index is 680. The van der Waals surface area contributed by atoms with Gasteiger partial charge in [0, 0.05) is 24.2 Å². The number of carbonyl (C=O) groups is 1. The fraction of sp³-hybridized carbons (Fsp3) is 0.375. The van der Waals surface area contributed by atoms with Crippen molar-refractivity contribution in [3.8, 4) is 0 Å². The number of rotatable bonds is 7. The van der Waals surface area contributed by atoms with Crippen LogP contribution in [0.3, 0.4) is 0 Å². The number of pyridine rings is 1. The second-order valence-electron chi connectivity index (χ2n) is 5.76. The molecule has 0 aliphatic rings. The first-order valence-electron chi connectivity index (χ1n) is 7.68. The van der Waals surface area contributed by atoms with Gasteiger partial charge in [0.15, 0.2) is 0 Å². The van der Waals surface area contributed by atoms with Crippen molar-refractivity contribution in [1.29, 1.82) is 0 Å². The number of amides is 1. The summed E-state index contributed by atoms with van der Waals surface area (Å²) in [6.45, 7) is 4.97. The van der Waals surface area contributed by atoms with Gasteiger partial charge in [-0.3, -0.25) is 15.1 Å². The molecule has 0 bridgehead atoms. The number of carbonyl (C=O) groups excluding carboxylic acids is 1. The van der Waals surface area contributed by atoms with E-state index in [0.717, 1.165) is 6.42 Å². The third-order valence-electron chi connectivity index (χ3n) is 3.36. The van der Waals surface area contributed by atoms with Crippen LogP contribution in [0.25, 0.3) is 0 Å². The third-order valence-corrected chi connectivity index (χ3v) is 3.67. The summed E-state index contributed by atoms with van der Waals surface area (Å²) in [4.78, 5) is 24.2. The van der Waals surface area contributed by atoms with Gasteiger partial charge in [-0.1, -0.05) is 25.4 Å². The van der Waals surface area contributed by atoms with E-state index in [-0.39, 0.29) is 11.6 Å². The summed E-state index contributed by atoms with van der Waals surface area (Å²) in [5.41, 5.74) is 6.64. The van der Waals surface area contributed by atoms with Gasteiger partial charge in [0.2, 0.25) is 0 Å². The Morgan fingerprint density at radius 1 is 1.29 bits per heavy atom. The summed E-state index contributed by atoms with van der Waals surface area (Å²) in [6, 6.07) is 1.65. The van der Waals surface area contributed by atoms with Gasteiger partial charge in [-0.05, 0) is 24.9 Å². The number of nitrogens with two attached hydrogens (primary N) is 1. The van der Waals surface area contributed by atoms with E-state index in [1.807, 2.05) is 0 Å². The molecule has 0 spiro atoms. The smallest absolute Gasteiger partial charge is 0.272 e. The molecule has 0 radical (unpaired) electrons. The lowest BCUT2D eigenvalue weighted by molar-refractivity contribution is 0.0923. The molecule has 0 saturated carbocycles. The lowest BCUT2D eigenvalue weighted by Crippen LogP contribution is -2.39. The van der Waals surface area contributed by atoms with Crippen molar-refractivity contribution < 1.29 is 4.79 Å². The molecule has 4 N–H and O–H groups in total. The number of hydrogen-bond donors (Lipinski definition) is 3. The second kappa shape index (κ2) is 8.56. The molecule has 1 unspecified atom stereocenters. The van der Waals surface area contributed by atoms with Crippen LogP contribution in [0.15, 0.2) is 30.9 Å². The Hall–Kier alpha value is -2.25. The zero-order valence-electron chi connectivity index (χ0n) is 13.7. The maximum atomic E-state index is 12.4. The topological polar surface area (TPSA) is 106 Å². The minimum Gasteiger partial charge on any atom is -0.384 e. The van der Waals surface area contributed by atoms with Gasteiger partial charge >= 0.3 is 0 Å². The molecule has 7 nitrogen and oxygen atoms in total. The van der Waals surface area contributed by atoms with Crippen molar-refractivity contribution in [3.63, 3.8) is 0 Å². The van der Waals surface area contributed by atoms with Crippen molar-refractivity contribution >= 4 is 23.3 Å². The molecule has 24 heavy (non-hydrogen) atoms. The number of aromatic nitrogens is 3. The molecule has 8 heteroatoms.